The molecular formula is C24H27N3O5S. The molecule has 0 bridgehead atoms. The fourth-order valence-electron chi connectivity index (χ4n) is 3.42. The molecular weight excluding hydrogens is 442 g/mol. The molecule has 1 heterocycles. The Bertz CT molecular complexity index is 1040. The zero-order valence-electron chi connectivity index (χ0n) is 18.6. The van der Waals surface area contributed by atoms with Gasteiger partial charge >= 0.3 is 5.97 Å². The predicted molar refractivity (Wildman–Crippen MR) is 124 cm³/mol. The topological polar surface area (TPSA) is 118 Å². The summed E-state index contributed by atoms with van der Waals surface area (Å²) in [6.45, 7) is 1.84. The number of nitriles is 1. The van der Waals surface area contributed by atoms with Crippen molar-refractivity contribution in [2.24, 2.45) is 0 Å². The highest BCUT2D eigenvalue weighted by molar-refractivity contribution is 7.16. The monoisotopic (exact) mass is 469 g/mol. The zero-order valence-corrected chi connectivity index (χ0v) is 19.4. The summed E-state index contributed by atoms with van der Waals surface area (Å²) in [4.78, 5) is 37.5. The van der Waals surface area contributed by atoms with Crippen LogP contribution in [0.2, 0.25) is 0 Å². The molecule has 9 heteroatoms. The molecule has 1 aromatic carbocycles. The third kappa shape index (κ3) is 6.80. The predicted octanol–water partition coefficient (Wildman–Crippen LogP) is 3.59. The Hall–Kier alpha value is -3.38. The van der Waals surface area contributed by atoms with Gasteiger partial charge in [0.1, 0.15) is 23.4 Å². The largest absolute Gasteiger partial charge is 0.494 e. The third-order valence-electron chi connectivity index (χ3n) is 5.18. The van der Waals surface area contributed by atoms with Crippen molar-refractivity contribution in [1.29, 1.82) is 5.26 Å². The van der Waals surface area contributed by atoms with Crippen molar-refractivity contribution < 1.29 is 23.9 Å². The molecule has 2 amide bonds. The van der Waals surface area contributed by atoms with Gasteiger partial charge in [-0.15, -0.1) is 11.3 Å². The van der Waals surface area contributed by atoms with Gasteiger partial charge in [0.2, 0.25) is 0 Å². The second-order valence-corrected chi connectivity index (χ2v) is 8.75. The molecule has 0 spiro atoms. The number of amides is 2. The maximum Gasteiger partial charge on any atom is 0.325 e. The van der Waals surface area contributed by atoms with Gasteiger partial charge in [0.05, 0.1) is 12.2 Å². The summed E-state index contributed by atoms with van der Waals surface area (Å²) in [6.07, 6.45) is 5.85. The number of ether oxygens (including phenoxy) is 2. The average molecular weight is 470 g/mol. The van der Waals surface area contributed by atoms with Crippen LogP contribution in [0.3, 0.4) is 0 Å². The molecule has 0 saturated heterocycles. The van der Waals surface area contributed by atoms with Crippen LogP contribution in [-0.2, 0) is 27.2 Å². The van der Waals surface area contributed by atoms with E-state index in [2.05, 4.69) is 23.6 Å². The van der Waals surface area contributed by atoms with Crippen LogP contribution in [0.15, 0.2) is 24.3 Å². The maximum atomic E-state index is 12.2. The number of aryl methyl sites for hydroxylation is 1. The molecule has 2 N–H and O–H groups in total. The number of rotatable bonds is 10. The first kappa shape index (κ1) is 24.3. The summed E-state index contributed by atoms with van der Waals surface area (Å²) in [5.41, 5.74) is 1.90. The quantitative estimate of drug-likeness (QED) is 0.406. The number of esters is 1. The second kappa shape index (κ2) is 12.0. The normalized spacial score (nSPS) is 12.2. The number of unbranched alkanes of at least 4 members (excludes halogenated alkanes) is 1. The first-order valence-electron chi connectivity index (χ1n) is 11.0. The van der Waals surface area contributed by atoms with Crippen molar-refractivity contribution >= 4 is 34.1 Å². The molecule has 1 aliphatic carbocycles. The summed E-state index contributed by atoms with van der Waals surface area (Å²) in [5, 5.41) is 15.1. The Morgan fingerprint density at radius 1 is 1.15 bits per heavy atom. The Kier molecular flexibility index (Phi) is 8.84. The Balaban J connectivity index is 1.41. The molecule has 8 nitrogen and oxygen atoms in total. The average Bonchev–Trinajstić information content (AvgIpc) is 3.18. The van der Waals surface area contributed by atoms with Gasteiger partial charge in [-0.2, -0.15) is 5.26 Å². The van der Waals surface area contributed by atoms with Crippen LogP contribution in [0.5, 0.6) is 5.75 Å². The van der Waals surface area contributed by atoms with E-state index in [-0.39, 0.29) is 6.54 Å². The van der Waals surface area contributed by atoms with Crippen LogP contribution in [0.25, 0.3) is 0 Å². The molecule has 1 aromatic heterocycles. The molecule has 0 fully saturated rings. The summed E-state index contributed by atoms with van der Waals surface area (Å²) in [6, 6.07) is 8.80. The van der Waals surface area contributed by atoms with Crippen molar-refractivity contribution in [3.05, 3.63) is 45.8 Å². The highest BCUT2D eigenvalue weighted by Crippen LogP contribution is 2.37. The second-order valence-electron chi connectivity index (χ2n) is 7.64. The first-order valence-corrected chi connectivity index (χ1v) is 11.8. The van der Waals surface area contributed by atoms with E-state index >= 15 is 0 Å². The highest BCUT2D eigenvalue weighted by atomic mass is 32.1. The van der Waals surface area contributed by atoms with E-state index in [4.69, 9.17) is 9.47 Å². The van der Waals surface area contributed by atoms with Crippen LogP contribution in [0.4, 0.5) is 5.00 Å². The van der Waals surface area contributed by atoms with Gasteiger partial charge in [-0.25, -0.2) is 0 Å². The number of fused-ring (bicyclic) bond motifs is 1. The van der Waals surface area contributed by atoms with E-state index in [1.807, 2.05) is 0 Å². The molecule has 3 rings (SSSR count). The molecule has 33 heavy (non-hydrogen) atoms. The SMILES string of the molecule is CCCCOc1ccc(C(=O)NCC(=O)OCC(=O)Nc2sc3c(c2C#N)CCCC3)cc1. The van der Waals surface area contributed by atoms with E-state index < -0.39 is 24.4 Å². The lowest BCUT2D eigenvalue weighted by Gasteiger charge is -2.09. The van der Waals surface area contributed by atoms with Crippen LogP contribution in [0.1, 0.15) is 59.0 Å². The van der Waals surface area contributed by atoms with Crippen LogP contribution >= 0.6 is 11.3 Å². The van der Waals surface area contributed by atoms with Crippen LogP contribution in [0, 0.1) is 11.3 Å². The Labute approximate surface area is 196 Å². The summed E-state index contributed by atoms with van der Waals surface area (Å²) < 4.78 is 10.5. The first-order chi connectivity index (χ1) is 16.0. The summed E-state index contributed by atoms with van der Waals surface area (Å²) in [5.74, 6) is -1.01. The number of hydrogen-bond acceptors (Lipinski definition) is 7. The fraction of sp³-hybridized carbons (Fsp3) is 0.417. The van der Waals surface area contributed by atoms with Crippen molar-refractivity contribution in [2.75, 3.05) is 25.1 Å². The fourth-order valence-corrected chi connectivity index (χ4v) is 4.68. The third-order valence-corrected chi connectivity index (χ3v) is 6.38. The molecule has 2 aromatic rings. The number of carbonyl (C=O) groups excluding carboxylic acids is 3. The smallest absolute Gasteiger partial charge is 0.325 e. The molecule has 0 unspecified atom stereocenters. The van der Waals surface area contributed by atoms with Crippen LogP contribution < -0.4 is 15.4 Å². The van der Waals surface area contributed by atoms with E-state index in [0.717, 1.165) is 49.0 Å². The molecule has 0 aliphatic heterocycles. The van der Waals surface area contributed by atoms with Gasteiger partial charge in [-0.3, -0.25) is 14.4 Å². The highest BCUT2D eigenvalue weighted by Gasteiger charge is 2.22. The van der Waals surface area contributed by atoms with E-state index in [0.29, 0.717) is 28.5 Å². The van der Waals surface area contributed by atoms with Gasteiger partial charge in [-0.1, -0.05) is 13.3 Å². The van der Waals surface area contributed by atoms with E-state index in [9.17, 15) is 19.6 Å². The van der Waals surface area contributed by atoms with Gasteiger partial charge in [0.25, 0.3) is 11.8 Å². The number of hydrogen-bond donors (Lipinski definition) is 2. The van der Waals surface area contributed by atoms with Crippen molar-refractivity contribution in [1.82, 2.24) is 5.32 Å². The Morgan fingerprint density at radius 3 is 2.64 bits per heavy atom. The molecule has 174 valence electrons. The zero-order chi connectivity index (χ0) is 23.6. The van der Waals surface area contributed by atoms with Gasteiger partial charge in [0, 0.05) is 10.4 Å². The molecule has 0 saturated carbocycles. The van der Waals surface area contributed by atoms with E-state index in [1.165, 1.54) is 11.3 Å². The van der Waals surface area contributed by atoms with Gasteiger partial charge in [0.15, 0.2) is 6.61 Å². The van der Waals surface area contributed by atoms with Gasteiger partial charge < -0.3 is 20.1 Å². The lowest BCUT2D eigenvalue weighted by molar-refractivity contribution is -0.146. The number of carbonyl (C=O) groups is 3. The molecule has 0 radical (unpaired) electrons. The van der Waals surface area contributed by atoms with Crippen molar-refractivity contribution in [3.63, 3.8) is 0 Å². The number of anilines is 1. The minimum absolute atomic E-state index is 0.363. The standard InChI is InChI=1S/C24H27N3O5S/c1-2-3-12-31-17-10-8-16(9-11-17)23(30)26-14-22(29)32-15-21(28)27-24-19(13-25)18-6-4-5-7-20(18)33-24/h8-11H,2-7,12,14-15H2,1H3,(H,26,30)(H,27,28). The summed E-state index contributed by atoms with van der Waals surface area (Å²) in [7, 11) is 0. The van der Waals surface area contributed by atoms with Gasteiger partial charge in [-0.05, 0) is 61.9 Å². The lowest BCUT2D eigenvalue weighted by atomic mass is 9.96. The summed E-state index contributed by atoms with van der Waals surface area (Å²) >= 11 is 1.41. The number of nitrogens with one attached hydrogen (secondary N) is 2. The van der Waals surface area contributed by atoms with Crippen LogP contribution in [-0.4, -0.2) is 37.5 Å². The maximum absolute atomic E-state index is 12.2. The molecule has 1 aliphatic rings. The van der Waals surface area contributed by atoms with Crippen molar-refractivity contribution in [3.8, 4) is 11.8 Å². The lowest BCUT2D eigenvalue weighted by Crippen LogP contribution is -2.32. The van der Waals surface area contributed by atoms with E-state index in [1.54, 1.807) is 24.3 Å². The number of thiophene rings is 1. The Morgan fingerprint density at radius 2 is 1.91 bits per heavy atom. The molecule has 0 atom stereocenters. The number of nitrogens with zero attached hydrogens (tertiary/aromatic N) is 1. The van der Waals surface area contributed by atoms with Crippen molar-refractivity contribution in [2.45, 2.75) is 45.4 Å². The minimum Gasteiger partial charge on any atom is -0.494 e. The number of benzene rings is 1. The minimum atomic E-state index is -0.732.